The third kappa shape index (κ3) is 4.20. The molecule has 0 aliphatic heterocycles. The molecule has 0 spiro atoms. The predicted molar refractivity (Wildman–Crippen MR) is 109 cm³/mol. The van der Waals surface area contributed by atoms with Gasteiger partial charge in [-0.05, 0) is 0 Å². The maximum atomic E-state index is 12.2. The normalized spacial score (nSPS) is 22.6. The van der Waals surface area contributed by atoms with Crippen molar-refractivity contribution in [1.82, 2.24) is 0 Å². The van der Waals surface area contributed by atoms with Gasteiger partial charge in [-0.25, -0.2) is 0 Å². The minimum absolute atomic E-state index is 0.244. The monoisotopic (exact) mass is 416 g/mol. The molecule has 1 aliphatic rings. The molecule has 1 fully saturated rings. The van der Waals surface area contributed by atoms with Crippen LogP contribution in [0, 0.1) is 17.8 Å². The molecule has 0 saturated heterocycles. The average Bonchev–Trinajstić information content (AvgIpc) is 2.65. The quantitative estimate of drug-likeness (QED) is 0.651. The van der Waals surface area contributed by atoms with Crippen molar-refractivity contribution in [3.63, 3.8) is 0 Å². The number of ketones is 1. The van der Waals surface area contributed by atoms with Crippen LogP contribution in [-0.4, -0.2) is 18.1 Å². The molecular weight excluding hydrogens is 388 g/mol. The molecule has 0 radical (unpaired) electrons. The van der Waals surface area contributed by atoms with Gasteiger partial charge in [-0.2, -0.15) is 0 Å². The van der Waals surface area contributed by atoms with E-state index in [4.69, 9.17) is 10.0 Å². The summed E-state index contributed by atoms with van der Waals surface area (Å²) in [7, 11) is 7.47. The summed E-state index contributed by atoms with van der Waals surface area (Å²) in [5.41, 5.74) is 0. The number of rotatable bonds is 5. The maximum absolute atomic E-state index is 12.2. The first-order valence-corrected chi connectivity index (χ1v) is 15.7. The molecule has 1 aliphatic carbocycles. The molecule has 3 heteroatoms. The van der Waals surface area contributed by atoms with Crippen molar-refractivity contribution >= 4 is 36.9 Å². The van der Waals surface area contributed by atoms with Crippen molar-refractivity contribution in [3.8, 4) is 0 Å². The van der Waals surface area contributed by atoms with Crippen LogP contribution >= 0.6 is 10.0 Å². The Hall–Kier alpha value is -1.06. The summed E-state index contributed by atoms with van der Waals surface area (Å²) in [6.07, 6.45) is 2.93. The summed E-state index contributed by atoms with van der Waals surface area (Å²) in [6.45, 7) is 4.38. The van der Waals surface area contributed by atoms with Crippen LogP contribution in [0.3, 0.4) is 0 Å². The molecule has 1 nitrogen and oxygen atoms in total. The molecule has 3 unspecified atom stereocenters. The molecule has 0 bridgehead atoms. The first kappa shape index (κ1) is 18.7. The number of hydrogen-bond donors (Lipinski definition) is 0. The minimum atomic E-state index is -2.95. The number of Topliss-reactive ketones (excluding diaryl/α,β-unsaturated/α-hetero) is 1. The third-order valence-corrected chi connectivity index (χ3v) is 16.7. The fourth-order valence-corrected chi connectivity index (χ4v) is 13.9. The van der Waals surface area contributed by atoms with Gasteiger partial charge in [-0.15, -0.1) is 0 Å². The molecule has 1 saturated carbocycles. The average molecular weight is 416 g/mol. The number of benzene rings is 2. The van der Waals surface area contributed by atoms with Crippen LogP contribution in [0.4, 0.5) is 0 Å². The van der Waals surface area contributed by atoms with Crippen molar-refractivity contribution in [2.24, 2.45) is 17.8 Å². The zero-order valence-corrected chi connectivity index (χ0v) is 18.0. The van der Waals surface area contributed by atoms with E-state index in [1.807, 2.05) is 0 Å². The van der Waals surface area contributed by atoms with Crippen molar-refractivity contribution < 1.29 is 4.79 Å². The van der Waals surface area contributed by atoms with E-state index in [1.54, 1.807) is 0 Å². The summed E-state index contributed by atoms with van der Waals surface area (Å²) < 4.78 is 2.63. The number of halogens is 1. The summed E-state index contributed by atoms with van der Waals surface area (Å²) >= 11 is -2.95. The Kier molecular flexibility index (Phi) is 6.06. The Labute approximate surface area is 158 Å². The summed E-state index contributed by atoms with van der Waals surface area (Å²) in [5.74, 6) is 1.65. The zero-order valence-electron chi connectivity index (χ0n) is 15.1. The van der Waals surface area contributed by atoms with Crippen molar-refractivity contribution in [2.75, 3.05) is 0 Å². The second-order valence-electron chi connectivity index (χ2n) is 7.62. The van der Waals surface area contributed by atoms with Gasteiger partial charge in [0, 0.05) is 0 Å². The van der Waals surface area contributed by atoms with Crippen LogP contribution in [0.5, 0.6) is 0 Å². The van der Waals surface area contributed by atoms with E-state index in [1.165, 1.54) is 8.79 Å². The predicted octanol–water partition coefficient (Wildman–Crippen LogP) is 4.63. The van der Waals surface area contributed by atoms with Gasteiger partial charge in [0.2, 0.25) is 0 Å². The topological polar surface area (TPSA) is 17.1 Å². The molecule has 0 aromatic heterocycles. The van der Waals surface area contributed by atoms with Crippen LogP contribution < -0.4 is 8.79 Å². The van der Waals surface area contributed by atoms with Gasteiger partial charge in [0.15, 0.2) is 0 Å². The fourth-order valence-electron chi connectivity index (χ4n) is 4.09. The Balaban J connectivity index is 1.87. The van der Waals surface area contributed by atoms with Crippen molar-refractivity contribution in [2.45, 2.75) is 38.4 Å². The van der Waals surface area contributed by atoms with E-state index >= 15 is 0 Å². The molecule has 3 rings (SSSR count). The Morgan fingerprint density at radius 1 is 1.00 bits per heavy atom. The Morgan fingerprint density at radius 2 is 1.52 bits per heavy atom. The molecule has 25 heavy (non-hydrogen) atoms. The van der Waals surface area contributed by atoms with Crippen LogP contribution in [0.15, 0.2) is 60.7 Å². The van der Waals surface area contributed by atoms with E-state index in [2.05, 4.69) is 74.5 Å². The van der Waals surface area contributed by atoms with Crippen LogP contribution in [0.1, 0.15) is 33.1 Å². The summed E-state index contributed by atoms with van der Waals surface area (Å²) in [5, 5.41) is 1.03. The fraction of sp³-hybridized carbons (Fsp3) is 0.409. The Morgan fingerprint density at radius 3 is 2.00 bits per heavy atom. The van der Waals surface area contributed by atoms with E-state index in [0.717, 1.165) is 24.5 Å². The molecule has 2 aromatic carbocycles. The summed E-state index contributed by atoms with van der Waals surface area (Å²) in [4.78, 5) is 12.2. The van der Waals surface area contributed by atoms with Gasteiger partial charge in [-0.3, -0.25) is 0 Å². The van der Waals surface area contributed by atoms with E-state index in [9.17, 15) is 4.79 Å². The van der Waals surface area contributed by atoms with Gasteiger partial charge in [0.1, 0.15) is 0 Å². The third-order valence-electron chi connectivity index (χ3n) is 5.85. The summed E-state index contributed by atoms with van der Waals surface area (Å²) in [6, 6.07) is 21.3. The van der Waals surface area contributed by atoms with Gasteiger partial charge < -0.3 is 0 Å². The van der Waals surface area contributed by atoms with Gasteiger partial charge >= 0.3 is 158 Å². The molecule has 3 atom stereocenters. The van der Waals surface area contributed by atoms with Crippen LogP contribution in [0.2, 0.25) is 5.25 Å². The zero-order chi connectivity index (χ0) is 17.9. The number of hydrogen-bond acceptors (Lipinski definition) is 1. The van der Waals surface area contributed by atoms with Crippen molar-refractivity contribution in [1.29, 1.82) is 0 Å². The molecule has 0 amide bonds. The number of carbonyl (C=O) groups excluding carboxylic acids is 1. The van der Waals surface area contributed by atoms with E-state index in [-0.39, 0.29) is 5.92 Å². The van der Waals surface area contributed by atoms with Gasteiger partial charge in [-0.1, -0.05) is 0 Å². The standard InChI is InChI=1S/C22H27ClGeO/c1-17-13-14-19(15-22(17)25)18(2)16-24(23,20-9-5-3-6-10-20)21-11-7-4-8-12-21/h3-12,17-19H,13-16H2,1-2H3. The SMILES string of the molecule is CC1CCC(C(C)[CH2][Ge]([Cl])([c]2ccccc2)[c]2ccccc2)CC1=O. The first-order chi connectivity index (χ1) is 12.0. The Bertz CT molecular complexity index is 661. The van der Waals surface area contributed by atoms with Crippen molar-refractivity contribution in [3.05, 3.63) is 60.7 Å². The molecular formula is C22H27ClGeO. The molecule has 0 heterocycles. The van der Waals surface area contributed by atoms with E-state index in [0.29, 0.717) is 17.6 Å². The van der Waals surface area contributed by atoms with Gasteiger partial charge in [0.25, 0.3) is 0 Å². The number of carbonyl (C=O) groups is 1. The van der Waals surface area contributed by atoms with E-state index < -0.39 is 12.3 Å². The van der Waals surface area contributed by atoms with Crippen LogP contribution in [-0.2, 0) is 4.79 Å². The molecule has 132 valence electrons. The molecule has 0 N–H and O–H groups in total. The second-order valence-corrected chi connectivity index (χ2v) is 17.6. The van der Waals surface area contributed by atoms with Gasteiger partial charge in [0.05, 0.1) is 0 Å². The van der Waals surface area contributed by atoms with Crippen LogP contribution in [0.25, 0.3) is 0 Å². The molecule has 2 aromatic rings. The second kappa shape index (κ2) is 8.09. The first-order valence-electron chi connectivity index (χ1n) is 9.33.